The topological polar surface area (TPSA) is 75.1 Å². The highest BCUT2D eigenvalue weighted by molar-refractivity contribution is 6.35. The molecule has 0 saturated heterocycles. The molecule has 0 unspecified atom stereocenters. The first kappa shape index (κ1) is 22.9. The molecule has 0 amide bonds. The first-order valence-corrected chi connectivity index (χ1v) is 10.8. The summed E-state index contributed by atoms with van der Waals surface area (Å²) in [4.78, 5) is 12.9. The van der Waals surface area contributed by atoms with Crippen LogP contribution in [0.1, 0.15) is 11.1 Å². The van der Waals surface area contributed by atoms with Crippen LogP contribution in [0.5, 0.6) is 0 Å². The number of halogens is 4. The summed E-state index contributed by atoms with van der Waals surface area (Å²) in [6.45, 7) is 2.00. The highest BCUT2D eigenvalue weighted by atomic mass is 35.5. The Morgan fingerprint density at radius 1 is 0.879 bits per heavy atom. The molecule has 4 aromatic rings. The fourth-order valence-electron chi connectivity index (χ4n) is 2.88. The minimum atomic E-state index is -0.570. The van der Waals surface area contributed by atoms with Crippen molar-refractivity contribution in [3.63, 3.8) is 0 Å². The van der Waals surface area contributed by atoms with Crippen LogP contribution in [0.2, 0.25) is 15.1 Å². The Labute approximate surface area is 204 Å². The van der Waals surface area contributed by atoms with Gasteiger partial charge in [-0.15, -0.1) is 0 Å². The van der Waals surface area contributed by atoms with Gasteiger partial charge in [-0.05, 0) is 42.8 Å². The van der Waals surface area contributed by atoms with E-state index < -0.39 is 5.82 Å². The number of rotatable bonds is 6. The van der Waals surface area contributed by atoms with Gasteiger partial charge in [0.1, 0.15) is 5.82 Å². The molecule has 0 spiro atoms. The summed E-state index contributed by atoms with van der Waals surface area (Å²) in [5.74, 6) is -0.347. The molecular formula is C23H16Cl3FN6. The van der Waals surface area contributed by atoms with Gasteiger partial charge in [0.15, 0.2) is 5.82 Å². The Morgan fingerprint density at radius 3 is 2.27 bits per heavy atom. The van der Waals surface area contributed by atoms with Gasteiger partial charge in [0.2, 0.25) is 11.9 Å². The molecular weight excluding hydrogens is 486 g/mol. The number of hydrogen-bond acceptors (Lipinski definition) is 6. The van der Waals surface area contributed by atoms with Crippen molar-refractivity contribution in [1.82, 2.24) is 15.0 Å². The maximum atomic E-state index is 14.5. The van der Waals surface area contributed by atoms with Crippen molar-refractivity contribution in [3.8, 4) is 11.4 Å². The van der Waals surface area contributed by atoms with E-state index in [1.165, 1.54) is 12.1 Å². The number of hydrazone groups is 1. The van der Waals surface area contributed by atoms with Crippen molar-refractivity contribution < 1.29 is 4.39 Å². The van der Waals surface area contributed by atoms with Crippen LogP contribution >= 0.6 is 34.8 Å². The van der Waals surface area contributed by atoms with Crippen molar-refractivity contribution >= 4 is 58.6 Å². The Bertz CT molecular complexity index is 1290. The Kier molecular flexibility index (Phi) is 7.03. The van der Waals surface area contributed by atoms with Crippen LogP contribution < -0.4 is 10.7 Å². The van der Waals surface area contributed by atoms with Crippen LogP contribution in [0.3, 0.4) is 0 Å². The molecule has 166 valence electrons. The molecule has 0 aliphatic heterocycles. The lowest BCUT2D eigenvalue weighted by Crippen LogP contribution is -2.06. The number of nitrogens with one attached hydrogen (secondary N) is 2. The molecule has 2 N–H and O–H groups in total. The van der Waals surface area contributed by atoms with Crippen molar-refractivity contribution in [1.29, 1.82) is 0 Å². The number of benzene rings is 3. The number of aryl methyl sites for hydroxylation is 1. The summed E-state index contributed by atoms with van der Waals surface area (Å²) in [6.07, 6.45) is 1.61. The van der Waals surface area contributed by atoms with Gasteiger partial charge in [0.05, 0.1) is 16.8 Å². The maximum Gasteiger partial charge on any atom is 0.248 e. The third-order valence-electron chi connectivity index (χ3n) is 4.40. The van der Waals surface area contributed by atoms with Crippen molar-refractivity contribution in [2.24, 2.45) is 5.10 Å². The summed E-state index contributed by atoms with van der Waals surface area (Å²) >= 11 is 18.4. The first-order chi connectivity index (χ1) is 15.9. The van der Waals surface area contributed by atoms with Crippen LogP contribution in [0, 0.1) is 12.7 Å². The standard InChI is InChI=1S/C23H16Cl3FN6/c1-13-5-7-14(8-6-13)12-28-33-23-31-21(20-18(26)3-2-4-19(20)27)30-22(32-23)29-17-10-15(24)9-16(25)11-17/h2-12H,1H3,(H2,29,30,31,32,33). The van der Waals surface area contributed by atoms with E-state index in [1.807, 2.05) is 31.2 Å². The smallest absolute Gasteiger partial charge is 0.248 e. The van der Waals surface area contributed by atoms with Crippen molar-refractivity contribution in [3.05, 3.63) is 92.7 Å². The van der Waals surface area contributed by atoms with Crippen LogP contribution in [0.15, 0.2) is 65.8 Å². The molecule has 0 radical (unpaired) electrons. The Balaban J connectivity index is 1.70. The Morgan fingerprint density at radius 2 is 1.58 bits per heavy atom. The number of aromatic nitrogens is 3. The SMILES string of the molecule is Cc1ccc(C=NNc2nc(Nc3cc(Cl)cc(Cl)c3)nc(-c3c(F)cccc3Cl)n2)cc1. The minimum Gasteiger partial charge on any atom is -0.324 e. The van der Waals surface area contributed by atoms with E-state index in [9.17, 15) is 4.39 Å². The zero-order chi connectivity index (χ0) is 23.4. The summed E-state index contributed by atoms with van der Waals surface area (Å²) in [6, 6.07) is 17.0. The van der Waals surface area contributed by atoms with Crippen LogP contribution in [0.4, 0.5) is 22.0 Å². The lowest BCUT2D eigenvalue weighted by atomic mass is 10.2. The van der Waals surface area contributed by atoms with E-state index in [0.29, 0.717) is 15.7 Å². The van der Waals surface area contributed by atoms with Gasteiger partial charge in [0, 0.05) is 15.7 Å². The van der Waals surface area contributed by atoms with Gasteiger partial charge in [-0.25, -0.2) is 9.82 Å². The van der Waals surface area contributed by atoms with E-state index in [0.717, 1.165) is 11.1 Å². The van der Waals surface area contributed by atoms with E-state index in [1.54, 1.807) is 30.5 Å². The molecule has 4 rings (SSSR count). The summed E-state index contributed by atoms with van der Waals surface area (Å²) in [5.41, 5.74) is 5.36. The average Bonchev–Trinajstić information content (AvgIpc) is 2.74. The molecule has 3 aromatic carbocycles. The van der Waals surface area contributed by atoms with Gasteiger partial charge < -0.3 is 5.32 Å². The molecule has 0 aliphatic carbocycles. The predicted molar refractivity (Wildman–Crippen MR) is 132 cm³/mol. The zero-order valence-corrected chi connectivity index (χ0v) is 19.4. The highest BCUT2D eigenvalue weighted by Gasteiger charge is 2.16. The van der Waals surface area contributed by atoms with Gasteiger partial charge in [-0.1, -0.05) is 70.7 Å². The molecule has 6 nitrogen and oxygen atoms in total. The second kappa shape index (κ2) is 10.1. The normalized spacial score (nSPS) is 11.1. The number of hydrogen-bond donors (Lipinski definition) is 2. The van der Waals surface area contributed by atoms with Crippen LogP contribution in [-0.4, -0.2) is 21.2 Å². The average molecular weight is 502 g/mol. The van der Waals surface area contributed by atoms with Gasteiger partial charge >= 0.3 is 0 Å². The van der Waals surface area contributed by atoms with Gasteiger partial charge in [-0.2, -0.15) is 20.1 Å². The van der Waals surface area contributed by atoms with E-state index in [2.05, 4.69) is 30.8 Å². The first-order valence-electron chi connectivity index (χ1n) is 9.67. The molecule has 1 heterocycles. The maximum absolute atomic E-state index is 14.5. The second-order valence-corrected chi connectivity index (χ2v) is 8.25. The number of nitrogens with zero attached hydrogens (tertiary/aromatic N) is 4. The minimum absolute atomic E-state index is 0.0248. The third-order valence-corrected chi connectivity index (χ3v) is 5.15. The fourth-order valence-corrected chi connectivity index (χ4v) is 3.65. The largest absolute Gasteiger partial charge is 0.324 e. The molecule has 1 aromatic heterocycles. The van der Waals surface area contributed by atoms with E-state index in [-0.39, 0.29) is 28.3 Å². The molecule has 33 heavy (non-hydrogen) atoms. The van der Waals surface area contributed by atoms with E-state index in [4.69, 9.17) is 34.8 Å². The zero-order valence-electron chi connectivity index (χ0n) is 17.2. The second-order valence-electron chi connectivity index (χ2n) is 6.97. The third kappa shape index (κ3) is 5.96. The lowest BCUT2D eigenvalue weighted by Gasteiger charge is -2.11. The quantitative estimate of drug-likeness (QED) is 0.217. The van der Waals surface area contributed by atoms with Gasteiger partial charge in [0.25, 0.3) is 0 Å². The molecule has 0 atom stereocenters. The van der Waals surface area contributed by atoms with Crippen LogP contribution in [0.25, 0.3) is 11.4 Å². The molecule has 0 bridgehead atoms. The summed E-state index contributed by atoms with van der Waals surface area (Å²) in [5, 5.41) is 8.19. The summed E-state index contributed by atoms with van der Waals surface area (Å²) < 4.78 is 14.5. The molecule has 0 fully saturated rings. The van der Waals surface area contributed by atoms with Crippen LogP contribution in [-0.2, 0) is 0 Å². The van der Waals surface area contributed by atoms with E-state index >= 15 is 0 Å². The monoisotopic (exact) mass is 500 g/mol. The van der Waals surface area contributed by atoms with Gasteiger partial charge in [-0.3, -0.25) is 0 Å². The fraction of sp³-hybridized carbons (Fsp3) is 0.0435. The predicted octanol–water partition coefficient (Wildman–Crippen LogP) is 7.14. The highest BCUT2D eigenvalue weighted by Crippen LogP contribution is 2.30. The molecule has 0 saturated carbocycles. The van der Waals surface area contributed by atoms with Crippen molar-refractivity contribution in [2.45, 2.75) is 6.92 Å². The molecule has 0 aliphatic rings. The summed E-state index contributed by atoms with van der Waals surface area (Å²) in [7, 11) is 0. The lowest BCUT2D eigenvalue weighted by molar-refractivity contribution is 0.630. The molecule has 10 heteroatoms. The van der Waals surface area contributed by atoms with Crippen molar-refractivity contribution in [2.75, 3.05) is 10.7 Å². The Hall–Kier alpha value is -3.26. The number of anilines is 3.